The smallest absolute Gasteiger partial charge is 0.339 e. The summed E-state index contributed by atoms with van der Waals surface area (Å²) < 4.78 is 0. The second kappa shape index (κ2) is 8.77. The fourth-order valence-electron chi connectivity index (χ4n) is 4.31. The molecule has 0 aliphatic carbocycles. The first kappa shape index (κ1) is 21.0. The van der Waals surface area contributed by atoms with Gasteiger partial charge in [-0.1, -0.05) is 13.3 Å². The predicted molar refractivity (Wildman–Crippen MR) is 109 cm³/mol. The lowest BCUT2D eigenvalue weighted by Gasteiger charge is -2.48. The lowest BCUT2D eigenvalue weighted by atomic mass is 9.83. The summed E-state index contributed by atoms with van der Waals surface area (Å²) in [5.74, 6) is -1.27. The van der Waals surface area contributed by atoms with Crippen LogP contribution < -0.4 is 16.0 Å². The molecule has 2 amide bonds. The number of aromatic nitrogens is 1. The maximum atomic E-state index is 12.4. The van der Waals surface area contributed by atoms with Crippen molar-refractivity contribution in [2.75, 3.05) is 36.4 Å². The van der Waals surface area contributed by atoms with Gasteiger partial charge in [-0.05, 0) is 44.8 Å². The van der Waals surface area contributed by atoms with Crippen molar-refractivity contribution in [1.82, 2.24) is 9.88 Å². The van der Waals surface area contributed by atoms with Crippen LogP contribution in [-0.2, 0) is 9.59 Å². The van der Waals surface area contributed by atoms with Gasteiger partial charge in [0.25, 0.3) is 0 Å². The van der Waals surface area contributed by atoms with Crippen molar-refractivity contribution in [2.45, 2.75) is 51.0 Å². The first-order valence-electron chi connectivity index (χ1n) is 10.2. The van der Waals surface area contributed by atoms with Crippen molar-refractivity contribution in [2.24, 2.45) is 5.73 Å². The standard InChI is InChI=1S/C20H29N5O4/c1-2-16(26)23-14-12-15(18(27)28)17(22-13-14)24-10-6-20(7-11-24,19(21)29)25-8-4-3-5-9-25/h12-13H,2-11H2,1H3,(H2,21,29)(H,23,26)(H,27,28). The molecule has 1 aromatic rings. The number of carbonyl (C=O) groups is 3. The Labute approximate surface area is 170 Å². The van der Waals surface area contributed by atoms with Crippen LogP contribution in [0, 0.1) is 0 Å². The molecule has 158 valence electrons. The number of carbonyl (C=O) groups excluding carboxylic acids is 2. The number of hydrogen-bond acceptors (Lipinski definition) is 6. The van der Waals surface area contributed by atoms with Crippen molar-refractivity contribution >= 4 is 29.3 Å². The van der Waals surface area contributed by atoms with Crippen molar-refractivity contribution in [1.29, 1.82) is 0 Å². The van der Waals surface area contributed by atoms with Crippen LogP contribution in [0.3, 0.4) is 0 Å². The monoisotopic (exact) mass is 403 g/mol. The zero-order valence-corrected chi connectivity index (χ0v) is 16.8. The Morgan fingerprint density at radius 2 is 1.83 bits per heavy atom. The minimum atomic E-state index is -1.11. The molecule has 0 radical (unpaired) electrons. The Balaban J connectivity index is 1.79. The molecule has 1 aromatic heterocycles. The van der Waals surface area contributed by atoms with Gasteiger partial charge in [0, 0.05) is 19.5 Å². The van der Waals surface area contributed by atoms with E-state index in [1.165, 1.54) is 18.7 Å². The Morgan fingerprint density at radius 1 is 1.17 bits per heavy atom. The molecule has 0 unspecified atom stereocenters. The lowest BCUT2D eigenvalue weighted by Crippen LogP contribution is -2.63. The first-order valence-corrected chi connectivity index (χ1v) is 10.2. The van der Waals surface area contributed by atoms with E-state index in [1.54, 1.807) is 6.92 Å². The zero-order chi connectivity index (χ0) is 21.0. The third-order valence-electron chi connectivity index (χ3n) is 6.01. The normalized spacial score (nSPS) is 19.6. The number of nitrogens with one attached hydrogen (secondary N) is 1. The van der Waals surface area contributed by atoms with Crippen LogP contribution in [0.2, 0.25) is 0 Å². The Kier molecular flexibility index (Phi) is 6.36. The van der Waals surface area contributed by atoms with Gasteiger partial charge in [0.2, 0.25) is 11.8 Å². The van der Waals surface area contributed by atoms with Crippen LogP contribution in [-0.4, -0.2) is 64.5 Å². The van der Waals surface area contributed by atoms with Crippen LogP contribution in [0.4, 0.5) is 11.5 Å². The lowest BCUT2D eigenvalue weighted by molar-refractivity contribution is -0.132. The average Bonchev–Trinajstić information content (AvgIpc) is 2.74. The van der Waals surface area contributed by atoms with Crippen LogP contribution in [0.25, 0.3) is 0 Å². The van der Waals surface area contributed by atoms with Crippen molar-refractivity contribution in [3.63, 3.8) is 0 Å². The number of carboxylic acid groups (broad SMARTS) is 1. The summed E-state index contributed by atoms with van der Waals surface area (Å²) >= 11 is 0. The summed E-state index contributed by atoms with van der Waals surface area (Å²) in [6, 6.07) is 1.43. The van der Waals surface area contributed by atoms with E-state index in [9.17, 15) is 19.5 Å². The van der Waals surface area contributed by atoms with E-state index >= 15 is 0 Å². The minimum absolute atomic E-state index is 0.0310. The summed E-state index contributed by atoms with van der Waals surface area (Å²) in [7, 11) is 0. The van der Waals surface area contributed by atoms with Gasteiger partial charge in [0.15, 0.2) is 0 Å². The van der Waals surface area contributed by atoms with E-state index in [0.29, 0.717) is 43.9 Å². The predicted octanol–water partition coefficient (Wildman–Crippen LogP) is 1.44. The third-order valence-corrected chi connectivity index (χ3v) is 6.01. The van der Waals surface area contributed by atoms with E-state index in [-0.39, 0.29) is 17.4 Å². The maximum absolute atomic E-state index is 12.4. The maximum Gasteiger partial charge on any atom is 0.339 e. The largest absolute Gasteiger partial charge is 0.478 e. The fourth-order valence-corrected chi connectivity index (χ4v) is 4.31. The third kappa shape index (κ3) is 4.34. The van der Waals surface area contributed by atoms with Gasteiger partial charge in [-0.25, -0.2) is 9.78 Å². The van der Waals surface area contributed by atoms with Crippen molar-refractivity contribution in [3.8, 4) is 0 Å². The molecule has 2 fully saturated rings. The number of aromatic carboxylic acids is 1. The molecular formula is C20H29N5O4. The number of hydrogen-bond donors (Lipinski definition) is 3. The molecule has 9 heteroatoms. The summed E-state index contributed by atoms with van der Waals surface area (Å²) in [6.07, 6.45) is 6.14. The first-order chi connectivity index (χ1) is 13.9. The van der Waals surface area contributed by atoms with Crippen LogP contribution in [0.15, 0.2) is 12.3 Å². The second-order valence-electron chi connectivity index (χ2n) is 7.73. The number of piperidine rings is 2. The highest BCUT2D eigenvalue weighted by atomic mass is 16.4. The van der Waals surface area contributed by atoms with Crippen LogP contribution >= 0.6 is 0 Å². The second-order valence-corrected chi connectivity index (χ2v) is 7.73. The highest BCUT2D eigenvalue weighted by molar-refractivity contribution is 5.97. The summed E-state index contributed by atoms with van der Waals surface area (Å²) in [4.78, 5) is 44.2. The highest BCUT2D eigenvalue weighted by Crippen LogP contribution is 2.34. The van der Waals surface area contributed by atoms with Gasteiger partial charge in [0.1, 0.15) is 16.9 Å². The van der Waals surface area contributed by atoms with Gasteiger partial charge in [-0.15, -0.1) is 0 Å². The number of primary amides is 1. The van der Waals surface area contributed by atoms with E-state index in [4.69, 9.17) is 5.73 Å². The SMILES string of the molecule is CCC(=O)Nc1cnc(N2CCC(C(N)=O)(N3CCCCC3)CC2)c(C(=O)O)c1. The molecule has 0 bridgehead atoms. The van der Waals surface area contributed by atoms with E-state index in [0.717, 1.165) is 25.9 Å². The molecule has 0 atom stereocenters. The minimum Gasteiger partial charge on any atom is -0.478 e. The van der Waals surface area contributed by atoms with Gasteiger partial charge >= 0.3 is 5.97 Å². The summed E-state index contributed by atoms with van der Waals surface area (Å²) in [6.45, 7) is 4.44. The number of nitrogens with two attached hydrogens (primary N) is 1. The molecule has 4 N–H and O–H groups in total. The van der Waals surface area contributed by atoms with Gasteiger partial charge in [0.05, 0.1) is 11.9 Å². The average molecular weight is 403 g/mol. The summed E-state index contributed by atoms with van der Waals surface area (Å²) in [5, 5.41) is 12.3. The molecule has 2 aliphatic rings. The molecule has 0 aromatic carbocycles. The molecular weight excluding hydrogens is 374 g/mol. The Morgan fingerprint density at radius 3 is 2.38 bits per heavy atom. The van der Waals surface area contributed by atoms with Gasteiger partial charge in [-0.3, -0.25) is 14.5 Å². The number of likely N-dealkylation sites (tertiary alicyclic amines) is 1. The van der Waals surface area contributed by atoms with E-state index < -0.39 is 11.5 Å². The fraction of sp³-hybridized carbons (Fsp3) is 0.600. The van der Waals surface area contributed by atoms with Gasteiger partial charge in [-0.2, -0.15) is 0 Å². The number of nitrogens with zero attached hydrogens (tertiary/aromatic N) is 3. The number of carboxylic acids is 1. The van der Waals surface area contributed by atoms with Crippen molar-refractivity contribution < 1.29 is 19.5 Å². The molecule has 0 saturated carbocycles. The Bertz CT molecular complexity index is 783. The molecule has 29 heavy (non-hydrogen) atoms. The number of rotatable bonds is 6. The molecule has 2 aliphatic heterocycles. The molecule has 9 nitrogen and oxygen atoms in total. The highest BCUT2D eigenvalue weighted by Gasteiger charge is 2.45. The zero-order valence-electron chi connectivity index (χ0n) is 16.8. The topological polar surface area (TPSA) is 129 Å². The molecule has 0 spiro atoms. The van der Waals surface area contributed by atoms with E-state index in [2.05, 4.69) is 15.2 Å². The van der Waals surface area contributed by atoms with Crippen molar-refractivity contribution in [3.05, 3.63) is 17.8 Å². The molecule has 3 rings (SSSR count). The van der Waals surface area contributed by atoms with Gasteiger partial charge < -0.3 is 21.1 Å². The summed E-state index contributed by atoms with van der Waals surface area (Å²) in [5.41, 5.74) is 5.54. The van der Waals surface area contributed by atoms with Crippen LogP contribution in [0.5, 0.6) is 0 Å². The number of amides is 2. The van der Waals surface area contributed by atoms with Crippen LogP contribution in [0.1, 0.15) is 55.8 Å². The molecule has 2 saturated heterocycles. The molecule has 3 heterocycles. The van der Waals surface area contributed by atoms with E-state index in [1.807, 2.05) is 4.90 Å². The number of pyridine rings is 1. The quantitative estimate of drug-likeness (QED) is 0.655. The number of anilines is 2. The Hall–Kier alpha value is -2.68.